The average molecular weight is 478 g/mol. The van der Waals surface area contributed by atoms with Crippen LogP contribution in [0.3, 0.4) is 0 Å². The Hall–Kier alpha value is -3.32. The van der Waals surface area contributed by atoms with Crippen LogP contribution in [0.4, 0.5) is 4.39 Å². The van der Waals surface area contributed by atoms with E-state index >= 15 is 0 Å². The zero-order valence-electron chi connectivity index (χ0n) is 19.3. The SMILES string of the molecule is CCC1Cc2c(nn(C)c2-c2ccc(Cl)c(F)c2)C(CC)N1C(=O)c1ccc2nccnc2c1. The molecule has 2 aromatic heterocycles. The second-order valence-electron chi connectivity index (χ2n) is 8.63. The Morgan fingerprint density at radius 2 is 1.85 bits per heavy atom. The quantitative estimate of drug-likeness (QED) is 0.375. The zero-order chi connectivity index (χ0) is 24.0. The van der Waals surface area contributed by atoms with Crippen molar-refractivity contribution in [1.82, 2.24) is 24.6 Å². The summed E-state index contributed by atoms with van der Waals surface area (Å²) in [5.41, 5.74) is 5.57. The number of carbonyl (C=O) groups excluding carboxylic acids is 1. The molecule has 174 valence electrons. The van der Waals surface area contributed by atoms with E-state index in [1.54, 1.807) is 29.2 Å². The molecule has 2 aromatic carbocycles. The molecule has 34 heavy (non-hydrogen) atoms. The summed E-state index contributed by atoms with van der Waals surface area (Å²) >= 11 is 5.92. The fourth-order valence-electron chi connectivity index (χ4n) is 5.07. The van der Waals surface area contributed by atoms with Gasteiger partial charge >= 0.3 is 0 Å². The zero-order valence-corrected chi connectivity index (χ0v) is 20.1. The van der Waals surface area contributed by atoms with Crippen molar-refractivity contribution in [3.8, 4) is 11.3 Å². The van der Waals surface area contributed by atoms with Crippen LogP contribution in [0.15, 0.2) is 48.8 Å². The number of halogens is 2. The smallest absolute Gasteiger partial charge is 0.254 e. The molecule has 0 N–H and O–H groups in total. The minimum atomic E-state index is -0.458. The second kappa shape index (κ2) is 8.80. The molecule has 0 aliphatic carbocycles. The fraction of sp³-hybridized carbons (Fsp3) is 0.308. The van der Waals surface area contributed by atoms with Gasteiger partial charge in [0.1, 0.15) is 5.82 Å². The van der Waals surface area contributed by atoms with E-state index in [1.165, 1.54) is 6.07 Å². The predicted molar refractivity (Wildman–Crippen MR) is 130 cm³/mol. The van der Waals surface area contributed by atoms with Crippen molar-refractivity contribution in [2.45, 2.75) is 45.2 Å². The summed E-state index contributed by atoms with van der Waals surface area (Å²) in [5, 5.41) is 4.91. The number of amides is 1. The van der Waals surface area contributed by atoms with Crippen LogP contribution in [0.5, 0.6) is 0 Å². The van der Waals surface area contributed by atoms with Crippen LogP contribution < -0.4 is 0 Å². The summed E-state index contributed by atoms with van der Waals surface area (Å²) in [5.74, 6) is -0.498. The van der Waals surface area contributed by atoms with Crippen LogP contribution in [0.1, 0.15) is 54.3 Å². The van der Waals surface area contributed by atoms with Gasteiger partial charge in [-0.15, -0.1) is 0 Å². The molecule has 1 aliphatic heterocycles. The number of hydrogen-bond donors (Lipinski definition) is 0. The summed E-state index contributed by atoms with van der Waals surface area (Å²) < 4.78 is 16.1. The van der Waals surface area contributed by atoms with E-state index in [0.29, 0.717) is 23.9 Å². The molecule has 3 heterocycles. The molecule has 0 bridgehead atoms. The van der Waals surface area contributed by atoms with E-state index in [1.807, 2.05) is 30.1 Å². The lowest BCUT2D eigenvalue weighted by molar-refractivity contribution is 0.0513. The highest BCUT2D eigenvalue weighted by Crippen LogP contribution is 2.41. The molecule has 0 fully saturated rings. The van der Waals surface area contributed by atoms with E-state index in [9.17, 15) is 9.18 Å². The lowest BCUT2D eigenvalue weighted by Crippen LogP contribution is -2.47. The van der Waals surface area contributed by atoms with Gasteiger partial charge in [0, 0.05) is 42.2 Å². The third-order valence-corrected chi connectivity index (χ3v) is 6.97. The van der Waals surface area contributed by atoms with E-state index in [4.69, 9.17) is 16.7 Å². The lowest BCUT2D eigenvalue weighted by Gasteiger charge is -2.41. The number of rotatable bonds is 4. The number of aromatic nitrogens is 4. The highest BCUT2D eigenvalue weighted by molar-refractivity contribution is 6.30. The van der Waals surface area contributed by atoms with Crippen molar-refractivity contribution in [2.75, 3.05) is 0 Å². The molecular formula is C26H25ClFN5O. The Kier molecular flexibility index (Phi) is 5.81. The standard InChI is InChI=1S/C26H25ClFN5O/c1-4-17-14-18-24(31-32(3)25(18)15-6-8-19(27)20(28)12-15)23(5-2)33(17)26(34)16-7-9-21-22(13-16)30-11-10-29-21/h6-13,17,23H,4-5,14H2,1-3H3. The molecule has 4 aromatic rings. The van der Waals surface area contributed by atoms with Crippen molar-refractivity contribution in [3.63, 3.8) is 0 Å². The minimum Gasteiger partial charge on any atom is -0.327 e. The number of aryl methyl sites for hydroxylation is 1. The van der Waals surface area contributed by atoms with Crippen molar-refractivity contribution >= 4 is 28.5 Å². The predicted octanol–water partition coefficient (Wildman–Crippen LogP) is 5.75. The van der Waals surface area contributed by atoms with Gasteiger partial charge in [0.15, 0.2) is 0 Å². The van der Waals surface area contributed by atoms with Gasteiger partial charge in [0.05, 0.1) is 33.5 Å². The maximum atomic E-state index is 14.3. The third kappa shape index (κ3) is 3.64. The molecule has 2 atom stereocenters. The number of fused-ring (bicyclic) bond motifs is 2. The Balaban J connectivity index is 1.59. The minimum absolute atomic E-state index is 0.0115. The summed E-state index contributed by atoms with van der Waals surface area (Å²) in [6.07, 6.45) is 5.42. The largest absolute Gasteiger partial charge is 0.327 e. The lowest BCUT2D eigenvalue weighted by atomic mass is 9.87. The summed E-state index contributed by atoms with van der Waals surface area (Å²) in [7, 11) is 1.86. The Bertz CT molecular complexity index is 1400. The first-order valence-electron chi connectivity index (χ1n) is 11.5. The Morgan fingerprint density at radius 1 is 1.09 bits per heavy atom. The van der Waals surface area contributed by atoms with E-state index in [2.05, 4.69) is 23.8 Å². The maximum Gasteiger partial charge on any atom is 0.254 e. The fourth-order valence-corrected chi connectivity index (χ4v) is 5.18. The van der Waals surface area contributed by atoms with Gasteiger partial charge in [-0.2, -0.15) is 5.10 Å². The molecule has 5 rings (SSSR count). The molecular weight excluding hydrogens is 453 g/mol. The first kappa shape index (κ1) is 22.5. The van der Waals surface area contributed by atoms with Crippen LogP contribution in [0.25, 0.3) is 22.3 Å². The molecule has 1 aliphatic rings. The van der Waals surface area contributed by atoms with Crippen LogP contribution in [-0.2, 0) is 13.5 Å². The van der Waals surface area contributed by atoms with Crippen molar-refractivity contribution in [2.24, 2.45) is 7.05 Å². The molecule has 6 nitrogen and oxygen atoms in total. The molecule has 0 saturated carbocycles. The highest BCUT2D eigenvalue weighted by atomic mass is 35.5. The number of benzene rings is 2. The average Bonchev–Trinajstić information content (AvgIpc) is 3.19. The summed E-state index contributed by atoms with van der Waals surface area (Å²) in [6, 6.07) is 10.1. The molecule has 0 spiro atoms. The highest BCUT2D eigenvalue weighted by Gasteiger charge is 2.40. The van der Waals surface area contributed by atoms with Gasteiger partial charge in [-0.3, -0.25) is 19.4 Å². The second-order valence-corrected chi connectivity index (χ2v) is 9.03. The number of hydrogen-bond acceptors (Lipinski definition) is 4. The van der Waals surface area contributed by atoms with Crippen molar-refractivity contribution in [1.29, 1.82) is 0 Å². The van der Waals surface area contributed by atoms with Gasteiger partial charge < -0.3 is 4.90 Å². The van der Waals surface area contributed by atoms with Crippen molar-refractivity contribution < 1.29 is 9.18 Å². The summed E-state index contributed by atoms with van der Waals surface area (Å²) in [6.45, 7) is 4.15. The van der Waals surface area contributed by atoms with Crippen molar-refractivity contribution in [3.05, 3.63) is 76.5 Å². The Labute approximate surface area is 202 Å². The van der Waals surface area contributed by atoms with E-state index < -0.39 is 5.82 Å². The number of nitrogens with zero attached hydrogens (tertiary/aromatic N) is 5. The van der Waals surface area contributed by atoms with Gasteiger partial charge in [0.25, 0.3) is 5.91 Å². The maximum absolute atomic E-state index is 14.3. The van der Waals surface area contributed by atoms with Crippen LogP contribution in [-0.4, -0.2) is 36.6 Å². The van der Waals surface area contributed by atoms with Gasteiger partial charge in [0.2, 0.25) is 0 Å². The molecule has 8 heteroatoms. The third-order valence-electron chi connectivity index (χ3n) is 6.66. The van der Waals surface area contributed by atoms with Gasteiger partial charge in [-0.05, 0) is 49.6 Å². The topological polar surface area (TPSA) is 63.9 Å². The monoisotopic (exact) mass is 477 g/mol. The summed E-state index contributed by atoms with van der Waals surface area (Å²) in [4.78, 5) is 24.4. The van der Waals surface area contributed by atoms with Crippen LogP contribution >= 0.6 is 11.6 Å². The number of carbonyl (C=O) groups is 1. The van der Waals surface area contributed by atoms with Gasteiger partial charge in [-0.1, -0.05) is 31.5 Å². The van der Waals surface area contributed by atoms with Gasteiger partial charge in [-0.25, -0.2) is 4.39 Å². The van der Waals surface area contributed by atoms with E-state index in [-0.39, 0.29) is 23.0 Å². The van der Waals surface area contributed by atoms with E-state index in [0.717, 1.165) is 34.5 Å². The van der Waals surface area contributed by atoms with Crippen LogP contribution in [0, 0.1) is 5.82 Å². The first-order valence-corrected chi connectivity index (χ1v) is 11.8. The molecule has 0 saturated heterocycles. The molecule has 1 amide bonds. The first-order chi connectivity index (χ1) is 16.4. The van der Waals surface area contributed by atoms with Crippen LogP contribution in [0.2, 0.25) is 5.02 Å². The normalized spacial score (nSPS) is 17.7. The molecule has 0 radical (unpaired) electrons. The Morgan fingerprint density at radius 3 is 2.56 bits per heavy atom. The molecule has 2 unspecified atom stereocenters.